The van der Waals surface area contributed by atoms with Crippen LogP contribution in [0, 0.1) is 0 Å². The molecule has 0 N–H and O–H groups in total. The van der Waals surface area contributed by atoms with Crippen molar-refractivity contribution in [1.82, 2.24) is 4.90 Å². The molecule has 2 aliphatic heterocycles. The first kappa shape index (κ1) is 14.3. The molecule has 0 aromatic carbocycles. The number of thiophene rings is 1. The van der Waals surface area contributed by atoms with Crippen LogP contribution in [0.2, 0.25) is 0 Å². The van der Waals surface area contributed by atoms with Gasteiger partial charge < -0.3 is 9.47 Å². The predicted molar refractivity (Wildman–Crippen MR) is 82.1 cm³/mol. The van der Waals surface area contributed by atoms with Crippen molar-refractivity contribution in [2.75, 3.05) is 26.3 Å². The normalized spacial score (nSPS) is 30.9. The minimum Gasteiger partial charge on any atom is -0.372 e. The zero-order valence-electron chi connectivity index (χ0n) is 11.9. The summed E-state index contributed by atoms with van der Waals surface area (Å²) in [6.07, 6.45) is 5.48. The van der Waals surface area contributed by atoms with Crippen LogP contribution in [-0.4, -0.2) is 42.9 Å². The van der Waals surface area contributed by atoms with E-state index in [4.69, 9.17) is 9.47 Å². The fourth-order valence-corrected chi connectivity index (χ4v) is 4.09. The summed E-state index contributed by atoms with van der Waals surface area (Å²) in [6, 6.07) is 4.35. The molecule has 3 nitrogen and oxygen atoms in total. The van der Waals surface area contributed by atoms with Crippen molar-refractivity contribution in [3.63, 3.8) is 0 Å². The molecule has 3 rings (SSSR count). The molecule has 2 fully saturated rings. The minimum atomic E-state index is 0.0291. The van der Waals surface area contributed by atoms with Gasteiger partial charge >= 0.3 is 0 Å². The van der Waals surface area contributed by atoms with Gasteiger partial charge in [0.1, 0.15) is 0 Å². The number of nitrogens with zero attached hydrogens (tertiary/aromatic N) is 1. The van der Waals surface area contributed by atoms with Gasteiger partial charge in [-0.3, -0.25) is 4.90 Å². The number of hydrogen-bond donors (Lipinski definition) is 0. The molecule has 0 amide bonds. The van der Waals surface area contributed by atoms with Crippen LogP contribution in [0.3, 0.4) is 0 Å². The van der Waals surface area contributed by atoms with Crippen molar-refractivity contribution in [2.45, 2.75) is 37.5 Å². The summed E-state index contributed by atoms with van der Waals surface area (Å²) in [5.41, 5.74) is 0.0291. The van der Waals surface area contributed by atoms with Gasteiger partial charge in [0, 0.05) is 24.4 Å². The van der Waals surface area contributed by atoms with Crippen molar-refractivity contribution in [1.29, 1.82) is 0 Å². The van der Waals surface area contributed by atoms with Crippen LogP contribution in [0.4, 0.5) is 0 Å². The summed E-state index contributed by atoms with van der Waals surface area (Å²) >= 11 is 1.84. The van der Waals surface area contributed by atoms with E-state index in [1.807, 2.05) is 17.4 Å². The van der Waals surface area contributed by atoms with Crippen molar-refractivity contribution in [3.05, 3.63) is 35.0 Å². The van der Waals surface area contributed by atoms with E-state index in [0.29, 0.717) is 6.61 Å². The van der Waals surface area contributed by atoms with Crippen LogP contribution in [0.25, 0.3) is 0 Å². The second-order valence-electron chi connectivity index (χ2n) is 5.84. The van der Waals surface area contributed by atoms with Crippen LogP contribution in [0.5, 0.6) is 0 Å². The number of hydrogen-bond acceptors (Lipinski definition) is 4. The molecule has 1 aromatic rings. The third-order valence-electron chi connectivity index (χ3n) is 4.20. The lowest BCUT2D eigenvalue weighted by Crippen LogP contribution is -2.47. The molecule has 2 atom stereocenters. The average Bonchev–Trinajstić information content (AvgIpc) is 3.07. The third kappa shape index (κ3) is 3.31. The topological polar surface area (TPSA) is 21.7 Å². The summed E-state index contributed by atoms with van der Waals surface area (Å²) in [4.78, 5) is 3.98. The second-order valence-corrected chi connectivity index (χ2v) is 6.87. The smallest absolute Gasteiger partial charge is 0.0841 e. The highest BCUT2D eigenvalue weighted by Crippen LogP contribution is 2.36. The molecule has 1 aromatic heterocycles. The van der Waals surface area contributed by atoms with E-state index in [-0.39, 0.29) is 11.7 Å². The molecule has 0 bridgehead atoms. The van der Waals surface area contributed by atoms with Gasteiger partial charge in [-0.1, -0.05) is 12.1 Å². The molecule has 0 saturated carbocycles. The third-order valence-corrected chi connectivity index (χ3v) is 5.06. The number of rotatable bonds is 5. The molecule has 2 aliphatic rings. The molecule has 3 heterocycles. The first-order chi connectivity index (χ1) is 9.80. The second kappa shape index (κ2) is 6.39. The Kier molecular flexibility index (Phi) is 4.56. The van der Waals surface area contributed by atoms with E-state index in [2.05, 4.69) is 29.0 Å². The molecule has 2 unspecified atom stereocenters. The van der Waals surface area contributed by atoms with Gasteiger partial charge in [-0.15, -0.1) is 17.9 Å². The van der Waals surface area contributed by atoms with Gasteiger partial charge in [-0.25, -0.2) is 0 Å². The fourth-order valence-electron chi connectivity index (χ4n) is 3.35. The van der Waals surface area contributed by atoms with E-state index < -0.39 is 0 Å². The first-order valence-electron chi connectivity index (χ1n) is 7.41. The average molecular weight is 293 g/mol. The maximum atomic E-state index is 6.14. The van der Waals surface area contributed by atoms with Crippen LogP contribution in [0.15, 0.2) is 30.2 Å². The Morgan fingerprint density at radius 1 is 1.60 bits per heavy atom. The Labute approximate surface area is 125 Å². The molecule has 4 heteroatoms. The Bertz CT molecular complexity index is 434. The van der Waals surface area contributed by atoms with Gasteiger partial charge in [-0.2, -0.15) is 0 Å². The van der Waals surface area contributed by atoms with Crippen LogP contribution < -0.4 is 0 Å². The predicted octanol–water partition coefficient (Wildman–Crippen LogP) is 3.07. The summed E-state index contributed by atoms with van der Waals surface area (Å²) in [6.45, 7) is 8.35. The lowest BCUT2D eigenvalue weighted by atomic mass is 9.89. The van der Waals surface area contributed by atoms with Crippen molar-refractivity contribution in [2.24, 2.45) is 0 Å². The monoisotopic (exact) mass is 293 g/mol. The lowest BCUT2D eigenvalue weighted by molar-refractivity contribution is -0.0542. The van der Waals surface area contributed by atoms with Crippen molar-refractivity contribution in [3.8, 4) is 0 Å². The van der Waals surface area contributed by atoms with Gasteiger partial charge in [-0.05, 0) is 30.8 Å². The number of ether oxygens (including phenoxy) is 2. The lowest BCUT2D eigenvalue weighted by Gasteiger charge is -2.39. The van der Waals surface area contributed by atoms with Crippen LogP contribution >= 0.6 is 11.3 Å². The maximum absolute atomic E-state index is 6.14. The van der Waals surface area contributed by atoms with Crippen molar-refractivity contribution < 1.29 is 9.47 Å². The van der Waals surface area contributed by atoms with Crippen molar-refractivity contribution >= 4 is 11.3 Å². The molecule has 1 spiro atoms. The Balaban J connectivity index is 1.56. The van der Waals surface area contributed by atoms with Gasteiger partial charge in [0.25, 0.3) is 0 Å². The zero-order chi connectivity index (χ0) is 13.8. The highest BCUT2D eigenvalue weighted by Gasteiger charge is 2.43. The van der Waals surface area contributed by atoms with Crippen LogP contribution in [0.1, 0.15) is 24.1 Å². The summed E-state index contributed by atoms with van der Waals surface area (Å²) in [7, 11) is 0. The number of likely N-dealkylation sites (tertiary alicyclic amines) is 1. The highest BCUT2D eigenvalue weighted by atomic mass is 32.1. The molecule has 0 aliphatic carbocycles. The van der Waals surface area contributed by atoms with Gasteiger partial charge in [0.05, 0.1) is 24.9 Å². The van der Waals surface area contributed by atoms with Gasteiger partial charge in [0.2, 0.25) is 0 Å². The molecular formula is C16H23NO2S. The minimum absolute atomic E-state index is 0.0291. The molecular weight excluding hydrogens is 270 g/mol. The van der Waals surface area contributed by atoms with E-state index in [9.17, 15) is 0 Å². The van der Waals surface area contributed by atoms with E-state index >= 15 is 0 Å². The largest absolute Gasteiger partial charge is 0.372 e. The zero-order valence-corrected chi connectivity index (χ0v) is 12.7. The van der Waals surface area contributed by atoms with E-state index in [1.54, 1.807) is 0 Å². The Morgan fingerprint density at radius 2 is 2.55 bits per heavy atom. The molecule has 110 valence electrons. The Hall–Kier alpha value is -0.680. The summed E-state index contributed by atoms with van der Waals surface area (Å²) in [5, 5.41) is 2.15. The first-order valence-corrected chi connectivity index (χ1v) is 8.29. The fraction of sp³-hybridized carbons (Fsp3) is 0.625. The van der Waals surface area contributed by atoms with E-state index in [0.717, 1.165) is 26.1 Å². The molecule has 2 saturated heterocycles. The van der Waals surface area contributed by atoms with Crippen LogP contribution in [-0.2, 0) is 16.0 Å². The summed E-state index contributed by atoms with van der Waals surface area (Å²) in [5.74, 6) is 0. The maximum Gasteiger partial charge on any atom is 0.0841 e. The SMILES string of the molecule is C=CCOC1COC2(CCCN(Cc3cccs3)C2)C1. The standard InChI is InChI=1S/C16H23NO2S/c1-2-8-18-14-10-16(19-12-14)6-4-7-17(13-16)11-15-5-3-9-20-15/h2-3,5,9,14H,1,4,6-8,10-13H2. The quantitative estimate of drug-likeness (QED) is 0.779. The molecule has 20 heavy (non-hydrogen) atoms. The highest BCUT2D eigenvalue weighted by molar-refractivity contribution is 7.09. The number of piperidine rings is 1. The molecule has 0 radical (unpaired) electrons. The van der Waals surface area contributed by atoms with Gasteiger partial charge in [0.15, 0.2) is 0 Å². The summed E-state index contributed by atoms with van der Waals surface area (Å²) < 4.78 is 11.9. The Morgan fingerprint density at radius 3 is 3.35 bits per heavy atom. The van der Waals surface area contributed by atoms with E-state index in [1.165, 1.54) is 24.3 Å².